The van der Waals surface area contributed by atoms with E-state index in [1.54, 1.807) is 0 Å². The number of hydrogen-bond donors (Lipinski definition) is 0. The average Bonchev–Trinajstić information content (AvgIpc) is 2.60. The van der Waals surface area contributed by atoms with Crippen LogP contribution in [0.1, 0.15) is 5.56 Å². The number of hydrogen-bond acceptors (Lipinski definition) is 2. The molecule has 0 radical (unpaired) electrons. The first-order valence-corrected chi connectivity index (χ1v) is 11.4. The number of ether oxygens (including phenoxy) is 1. The molecule has 0 bridgehead atoms. The molecule has 2 rings (SSSR count). The minimum Gasteiger partial charge on any atom is -0.360 e. The van der Waals surface area contributed by atoms with Gasteiger partial charge in [-0.3, -0.25) is 0 Å². The van der Waals surface area contributed by atoms with E-state index in [1.165, 1.54) is 17.0 Å². The number of fused-ring (bicyclic) bond motifs is 1. The Balaban J connectivity index is 2.07. The summed E-state index contributed by atoms with van der Waals surface area (Å²) in [6.45, 7) is 10.6. The molecule has 0 saturated carbocycles. The molecule has 0 atom stereocenters. The molecule has 0 fully saturated rings. The highest BCUT2D eigenvalue weighted by atomic mass is 127. The number of nitrogens with zero attached hydrogens (tertiary/aromatic N) is 2. The van der Waals surface area contributed by atoms with Crippen LogP contribution in [0.3, 0.4) is 0 Å². The molecule has 5 heteroatoms. The lowest BCUT2D eigenvalue weighted by atomic mass is 10.2. The summed E-state index contributed by atoms with van der Waals surface area (Å²) < 4.78 is 8.80. The maximum absolute atomic E-state index is 5.79. The van der Waals surface area contributed by atoms with Crippen molar-refractivity contribution in [3.63, 3.8) is 0 Å². The van der Waals surface area contributed by atoms with Gasteiger partial charge in [0.15, 0.2) is 0 Å². The Morgan fingerprint density at radius 3 is 2.74 bits per heavy atom. The van der Waals surface area contributed by atoms with Gasteiger partial charge in [0, 0.05) is 20.1 Å². The highest BCUT2D eigenvalue weighted by Crippen LogP contribution is 2.21. The second kappa shape index (κ2) is 5.93. The molecule has 19 heavy (non-hydrogen) atoms. The van der Waals surface area contributed by atoms with Crippen LogP contribution in [0, 0.1) is 10.6 Å². The molecule has 0 aliphatic carbocycles. The summed E-state index contributed by atoms with van der Waals surface area (Å²) in [6, 6.07) is 7.63. The van der Waals surface area contributed by atoms with E-state index < -0.39 is 8.07 Å². The van der Waals surface area contributed by atoms with Crippen LogP contribution in [0.4, 0.5) is 0 Å². The van der Waals surface area contributed by atoms with E-state index in [2.05, 4.69) is 72.5 Å². The molecule has 0 saturated heterocycles. The fourth-order valence-electron chi connectivity index (χ4n) is 1.87. The van der Waals surface area contributed by atoms with Crippen LogP contribution in [0.15, 0.2) is 18.2 Å². The third-order valence-electron chi connectivity index (χ3n) is 3.07. The predicted octanol–water partition coefficient (Wildman–Crippen LogP) is 4.26. The van der Waals surface area contributed by atoms with E-state index in [0.29, 0.717) is 6.73 Å². The molecule has 0 aliphatic heterocycles. The smallest absolute Gasteiger partial charge is 0.140 e. The van der Waals surface area contributed by atoms with Gasteiger partial charge in [-0.1, -0.05) is 25.7 Å². The van der Waals surface area contributed by atoms with Crippen molar-refractivity contribution in [1.29, 1.82) is 0 Å². The molecule has 2 aromatic rings. The first kappa shape index (κ1) is 15.0. The molecule has 1 heterocycles. The van der Waals surface area contributed by atoms with Crippen molar-refractivity contribution in [1.82, 2.24) is 9.78 Å². The number of aryl methyl sites for hydroxylation is 1. The van der Waals surface area contributed by atoms with Crippen LogP contribution >= 0.6 is 22.6 Å². The highest BCUT2D eigenvalue weighted by molar-refractivity contribution is 14.1. The van der Waals surface area contributed by atoms with Gasteiger partial charge in [0.05, 0.1) is 5.52 Å². The molecule has 0 aliphatic rings. The van der Waals surface area contributed by atoms with Crippen molar-refractivity contribution in [2.24, 2.45) is 0 Å². The zero-order chi connectivity index (χ0) is 14.0. The molecule has 104 valence electrons. The maximum Gasteiger partial charge on any atom is 0.140 e. The summed E-state index contributed by atoms with van der Waals surface area (Å²) in [5.74, 6) is 0. The van der Waals surface area contributed by atoms with Crippen LogP contribution in [0.25, 0.3) is 10.9 Å². The van der Waals surface area contributed by atoms with Crippen LogP contribution < -0.4 is 0 Å². The van der Waals surface area contributed by atoms with Crippen molar-refractivity contribution < 1.29 is 4.74 Å². The van der Waals surface area contributed by atoms with Gasteiger partial charge in [-0.05, 0) is 53.3 Å². The molecule has 3 nitrogen and oxygen atoms in total. The van der Waals surface area contributed by atoms with Gasteiger partial charge in [0.1, 0.15) is 10.4 Å². The Labute approximate surface area is 129 Å². The van der Waals surface area contributed by atoms with E-state index in [1.807, 2.05) is 4.68 Å². The maximum atomic E-state index is 5.79. The molecule has 0 amide bonds. The van der Waals surface area contributed by atoms with Gasteiger partial charge in [-0.25, -0.2) is 4.68 Å². The monoisotopic (exact) mass is 388 g/mol. The summed E-state index contributed by atoms with van der Waals surface area (Å²) in [6.07, 6.45) is 0. The first-order valence-electron chi connectivity index (χ1n) is 6.57. The van der Waals surface area contributed by atoms with Crippen LogP contribution in [-0.2, 0) is 11.5 Å². The Morgan fingerprint density at radius 1 is 1.32 bits per heavy atom. The zero-order valence-electron chi connectivity index (χ0n) is 12.0. The molecule has 0 spiro atoms. The van der Waals surface area contributed by atoms with Crippen molar-refractivity contribution in [2.45, 2.75) is 39.3 Å². The van der Waals surface area contributed by atoms with Crippen molar-refractivity contribution in [2.75, 3.05) is 6.61 Å². The summed E-state index contributed by atoms with van der Waals surface area (Å²) >= 11 is 2.28. The van der Waals surface area contributed by atoms with Crippen LogP contribution in [-0.4, -0.2) is 24.5 Å². The Kier molecular flexibility index (Phi) is 4.68. The number of rotatable bonds is 5. The second-order valence-electron chi connectivity index (χ2n) is 6.16. The van der Waals surface area contributed by atoms with Gasteiger partial charge in [0.25, 0.3) is 0 Å². The summed E-state index contributed by atoms with van der Waals surface area (Å²) in [5.41, 5.74) is 2.42. The summed E-state index contributed by atoms with van der Waals surface area (Å²) in [5, 5.41) is 5.76. The molecule has 0 unspecified atom stereocenters. The number of aromatic nitrogens is 2. The first-order chi connectivity index (χ1) is 8.87. The summed E-state index contributed by atoms with van der Waals surface area (Å²) in [7, 11) is -1.01. The van der Waals surface area contributed by atoms with E-state index in [9.17, 15) is 0 Å². The third-order valence-corrected chi connectivity index (χ3v) is 5.57. The van der Waals surface area contributed by atoms with E-state index >= 15 is 0 Å². The fraction of sp³-hybridized carbons (Fsp3) is 0.500. The Hall–Kier alpha value is -0.403. The normalized spacial score (nSPS) is 12.3. The van der Waals surface area contributed by atoms with Gasteiger partial charge >= 0.3 is 0 Å². The highest BCUT2D eigenvalue weighted by Gasteiger charge is 2.13. The SMILES string of the molecule is Cc1ccc2c(I)nn(COCC[Si](C)(C)C)c2c1. The van der Waals surface area contributed by atoms with Crippen molar-refractivity contribution in [3.8, 4) is 0 Å². The lowest BCUT2D eigenvalue weighted by molar-refractivity contribution is 0.0814. The Morgan fingerprint density at radius 2 is 2.05 bits per heavy atom. The molecular weight excluding hydrogens is 367 g/mol. The van der Waals surface area contributed by atoms with Gasteiger partial charge in [-0.15, -0.1) is 0 Å². The van der Waals surface area contributed by atoms with Crippen LogP contribution in [0.5, 0.6) is 0 Å². The van der Waals surface area contributed by atoms with E-state index in [0.717, 1.165) is 15.8 Å². The standard InChI is InChI=1S/C14H21IN2OSi/c1-11-5-6-12-13(9-11)17(16-14(12)15)10-18-7-8-19(2,3)4/h5-6,9H,7-8,10H2,1-4H3. The van der Waals surface area contributed by atoms with E-state index in [-0.39, 0.29) is 0 Å². The average molecular weight is 388 g/mol. The van der Waals surface area contributed by atoms with Gasteiger partial charge in [-0.2, -0.15) is 5.10 Å². The quantitative estimate of drug-likeness (QED) is 0.435. The fourth-order valence-corrected chi connectivity index (χ4v) is 3.34. The Bertz CT molecular complexity index is 575. The number of halogens is 1. The number of benzene rings is 1. The summed E-state index contributed by atoms with van der Waals surface area (Å²) in [4.78, 5) is 0. The third kappa shape index (κ3) is 4.03. The van der Waals surface area contributed by atoms with Crippen molar-refractivity contribution in [3.05, 3.63) is 27.5 Å². The lowest BCUT2D eigenvalue weighted by Crippen LogP contribution is -2.22. The molecule has 0 N–H and O–H groups in total. The minimum atomic E-state index is -1.01. The second-order valence-corrected chi connectivity index (χ2v) is 12.8. The molecule has 1 aromatic carbocycles. The molecular formula is C14H21IN2OSi. The largest absolute Gasteiger partial charge is 0.360 e. The van der Waals surface area contributed by atoms with Gasteiger partial charge < -0.3 is 4.74 Å². The topological polar surface area (TPSA) is 27.1 Å². The van der Waals surface area contributed by atoms with E-state index in [4.69, 9.17) is 4.74 Å². The lowest BCUT2D eigenvalue weighted by Gasteiger charge is -2.15. The van der Waals surface area contributed by atoms with Gasteiger partial charge in [0.2, 0.25) is 0 Å². The molecule has 1 aromatic heterocycles. The predicted molar refractivity (Wildman–Crippen MR) is 91.3 cm³/mol. The van der Waals surface area contributed by atoms with Crippen LogP contribution in [0.2, 0.25) is 25.7 Å². The zero-order valence-corrected chi connectivity index (χ0v) is 15.2. The van der Waals surface area contributed by atoms with Crippen molar-refractivity contribution >= 4 is 41.6 Å². The minimum absolute atomic E-state index is 0.549.